The van der Waals surface area contributed by atoms with Gasteiger partial charge in [-0.15, -0.1) is 0 Å². The Labute approximate surface area is 197 Å². The fourth-order valence-corrected chi connectivity index (χ4v) is 6.33. The summed E-state index contributed by atoms with van der Waals surface area (Å²) in [5, 5.41) is 5.01. The lowest BCUT2D eigenvalue weighted by Crippen LogP contribution is -2.47. The maximum absolute atomic E-state index is 13.1. The topological polar surface area (TPSA) is 73.0 Å². The minimum absolute atomic E-state index is 0.0635. The van der Waals surface area contributed by atoms with Crippen LogP contribution in [0.15, 0.2) is 47.4 Å². The van der Waals surface area contributed by atoms with E-state index in [1.165, 1.54) is 4.31 Å². The Kier molecular flexibility index (Phi) is 8.01. The minimum atomic E-state index is -3.55. The molecular formula is C25H36N4O3S. The summed E-state index contributed by atoms with van der Waals surface area (Å²) >= 11 is 0. The number of hydrogen-bond donors (Lipinski definition) is 1. The Bertz CT molecular complexity index is 1040. The number of sulfonamides is 1. The molecule has 0 spiro atoms. The van der Waals surface area contributed by atoms with E-state index in [4.69, 9.17) is 0 Å². The van der Waals surface area contributed by atoms with E-state index in [-0.39, 0.29) is 11.8 Å². The number of hydrogen-bond acceptors (Lipinski definition) is 5. The maximum Gasteiger partial charge on any atom is 0.243 e. The molecule has 0 bridgehead atoms. The van der Waals surface area contributed by atoms with Crippen molar-refractivity contribution in [2.45, 2.75) is 31.1 Å². The predicted octanol–water partition coefficient (Wildman–Crippen LogP) is 2.38. The first kappa shape index (κ1) is 24.1. The molecule has 4 rings (SSSR count). The van der Waals surface area contributed by atoms with Crippen molar-refractivity contribution in [3.05, 3.63) is 42.5 Å². The molecule has 0 unspecified atom stereocenters. The van der Waals surface area contributed by atoms with Crippen molar-refractivity contribution in [2.75, 3.05) is 58.9 Å². The summed E-state index contributed by atoms with van der Waals surface area (Å²) in [5.74, 6) is -0.0466. The van der Waals surface area contributed by atoms with E-state index in [0.29, 0.717) is 37.4 Å². The van der Waals surface area contributed by atoms with Gasteiger partial charge in [-0.25, -0.2) is 8.42 Å². The largest absolute Gasteiger partial charge is 0.356 e. The molecule has 180 valence electrons. The van der Waals surface area contributed by atoms with Crippen LogP contribution in [0.5, 0.6) is 0 Å². The van der Waals surface area contributed by atoms with Crippen LogP contribution in [-0.2, 0) is 14.8 Å². The van der Waals surface area contributed by atoms with Gasteiger partial charge in [-0.3, -0.25) is 4.79 Å². The predicted molar refractivity (Wildman–Crippen MR) is 132 cm³/mol. The number of carbonyl (C=O) groups is 1. The number of fused-ring (bicyclic) bond motifs is 1. The molecule has 2 aliphatic heterocycles. The lowest BCUT2D eigenvalue weighted by molar-refractivity contribution is -0.126. The smallest absolute Gasteiger partial charge is 0.243 e. The van der Waals surface area contributed by atoms with Crippen LogP contribution in [0.2, 0.25) is 0 Å². The molecule has 33 heavy (non-hydrogen) atoms. The summed E-state index contributed by atoms with van der Waals surface area (Å²) in [5.41, 5.74) is 0. The molecule has 8 heteroatoms. The van der Waals surface area contributed by atoms with Crippen molar-refractivity contribution in [2.24, 2.45) is 5.92 Å². The van der Waals surface area contributed by atoms with Crippen LogP contribution in [-0.4, -0.2) is 87.3 Å². The average Bonchev–Trinajstić information content (AvgIpc) is 2.86. The summed E-state index contributed by atoms with van der Waals surface area (Å²) in [6, 6.07) is 13.0. The number of likely N-dealkylation sites (N-methyl/N-ethyl adjacent to an activating group) is 1. The van der Waals surface area contributed by atoms with Gasteiger partial charge in [0, 0.05) is 51.7 Å². The van der Waals surface area contributed by atoms with E-state index in [9.17, 15) is 13.2 Å². The SMILES string of the molecule is CCN1CCN(CCCNC(=O)C2CCN(S(=O)(=O)c3ccc4ccccc4c3)CC2)CC1. The molecule has 0 aliphatic carbocycles. The van der Waals surface area contributed by atoms with Crippen LogP contribution in [0.25, 0.3) is 10.8 Å². The van der Waals surface area contributed by atoms with Gasteiger partial charge in [0.1, 0.15) is 0 Å². The highest BCUT2D eigenvalue weighted by Gasteiger charge is 2.32. The molecule has 2 fully saturated rings. The maximum atomic E-state index is 13.1. The molecule has 0 saturated carbocycles. The Morgan fingerprint density at radius 3 is 2.30 bits per heavy atom. The first-order chi connectivity index (χ1) is 16.0. The Morgan fingerprint density at radius 1 is 0.939 bits per heavy atom. The number of nitrogens with one attached hydrogen (secondary N) is 1. The second kappa shape index (κ2) is 11.0. The number of nitrogens with zero attached hydrogens (tertiary/aromatic N) is 3. The number of benzene rings is 2. The van der Waals surface area contributed by atoms with E-state index in [1.54, 1.807) is 12.1 Å². The molecule has 0 aromatic heterocycles. The van der Waals surface area contributed by atoms with Crippen LogP contribution in [0.1, 0.15) is 26.2 Å². The molecule has 1 amide bonds. The fourth-order valence-electron chi connectivity index (χ4n) is 4.82. The summed E-state index contributed by atoms with van der Waals surface area (Å²) in [6.07, 6.45) is 2.09. The third-order valence-electron chi connectivity index (χ3n) is 7.05. The first-order valence-corrected chi connectivity index (χ1v) is 13.6. The molecule has 0 atom stereocenters. The second-order valence-electron chi connectivity index (χ2n) is 9.11. The van der Waals surface area contributed by atoms with E-state index < -0.39 is 10.0 Å². The summed E-state index contributed by atoms with van der Waals surface area (Å²) in [6.45, 7) is 10.2. The van der Waals surface area contributed by atoms with Crippen LogP contribution in [0.3, 0.4) is 0 Å². The molecule has 1 N–H and O–H groups in total. The number of rotatable bonds is 8. The molecule has 2 heterocycles. The van der Waals surface area contributed by atoms with Crippen LogP contribution in [0.4, 0.5) is 0 Å². The van der Waals surface area contributed by atoms with E-state index in [0.717, 1.165) is 56.5 Å². The van der Waals surface area contributed by atoms with Crippen molar-refractivity contribution in [1.29, 1.82) is 0 Å². The normalized spacial score (nSPS) is 19.7. The van der Waals surface area contributed by atoms with Crippen molar-refractivity contribution in [1.82, 2.24) is 19.4 Å². The number of amides is 1. The summed E-state index contributed by atoms with van der Waals surface area (Å²) in [7, 11) is -3.55. The molecule has 2 aliphatic rings. The molecular weight excluding hydrogens is 436 g/mol. The van der Waals surface area contributed by atoms with Crippen molar-refractivity contribution >= 4 is 26.7 Å². The third-order valence-corrected chi connectivity index (χ3v) is 8.94. The van der Waals surface area contributed by atoms with Gasteiger partial charge in [0.2, 0.25) is 15.9 Å². The monoisotopic (exact) mass is 472 g/mol. The van der Waals surface area contributed by atoms with Gasteiger partial charge in [-0.1, -0.05) is 37.3 Å². The van der Waals surface area contributed by atoms with Gasteiger partial charge in [-0.2, -0.15) is 4.31 Å². The quantitative estimate of drug-likeness (QED) is 0.598. The average molecular weight is 473 g/mol. The highest BCUT2D eigenvalue weighted by Crippen LogP contribution is 2.26. The van der Waals surface area contributed by atoms with E-state index in [1.807, 2.05) is 30.3 Å². The first-order valence-electron chi connectivity index (χ1n) is 12.2. The molecule has 7 nitrogen and oxygen atoms in total. The lowest BCUT2D eigenvalue weighted by Gasteiger charge is -2.34. The van der Waals surface area contributed by atoms with Gasteiger partial charge in [0.25, 0.3) is 0 Å². The van der Waals surface area contributed by atoms with Gasteiger partial charge >= 0.3 is 0 Å². The van der Waals surface area contributed by atoms with Crippen molar-refractivity contribution < 1.29 is 13.2 Å². The molecule has 2 saturated heterocycles. The van der Waals surface area contributed by atoms with Crippen LogP contribution < -0.4 is 5.32 Å². The highest BCUT2D eigenvalue weighted by molar-refractivity contribution is 7.89. The van der Waals surface area contributed by atoms with Crippen LogP contribution in [0, 0.1) is 5.92 Å². The Morgan fingerprint density at radius 2 is 1.61 bits per heavy atom. The highest BCUT2D eigenvalue weighted by atomic mass is 32.2. The summed E-state index contributed by atoms with van der Waals surface area (Å²) in [4.78, 5) is 17.9. The zero-order valence-corrected chi connectivity index (χ0v) is 20.4. The fraction of sp³-hybridized carbons (Fsp3) is 0.560. The summed E-state index contributed by atoms with van der Waals surface area (Å²) < 4.78 is 27.8. The second-order valence-corrected chi connectivity index (χ2v) is 11.0. The standard InChI is InChI=1S/C25H36N4O3S/c1-2-27-16-18-28(19-17-27)13-5-12-26-25(30)22-10-14-29(15-11-22)33(31,32)24-9-8-21-6-3-4-7-23(21)20-24/h3-4,6-9,20,22H,2,5,10-19H2,1H3,(H,26,30). The number of carbonyl (C=O) groups excluding carboxylic acids is 1. The van der Waals surface area contributed by atoms with Gasteiger partial charge < -0.3 is 15.1 Å². The molecule has 2 aromatic carbocycles. The van der Waals surface area contributed by atoms with Crippen molar-refractivity contribution in [3.63, 3.8) is 0 Å². The van der Waals surface area contributed by atoms with E-state index >= 15 is 0 Å². The third kappa shape index (κ3) is 5.93. The zero-order chi connectivity index (χ0) is 23.3. The van der Waals surface area contributed by atoms with Crippen LogP contribution >= 0.6 is 0 Å². The van der Waals surface area contributed by atoms with E-state index in [2.05, 4.69) is 22.0 Å². The number of piperazine rings is 1. The van der Waals surface area contributed by atoms with Gasteiger partial charge in [0.15, 0.2) is 0 Å². The van der Waals surface area contributed by atoms with Gasteiger partial charge in [0.05, 0.1) is 4.90 Å². The lowest BCUT2D eigenvalue weighted by atomic mass is 9.97. The Hall–Kier alpha value is -2.00. The minimum Gasteiger partial charge on any atom is -0.356 e. The van der Waals surface area contributed by atoms with Gasteiger partial charge in [-0.05, 0) is 55.3 Å². The molecule has 0 radical (unpaired) electrons. The number of piperidine rings is 1. The molecule has 2 aromatic rings. The Balaban J connectivity index is 1.21. The van der Waals surface area contributed by atoms with Crippen molar-refractivity contribution in [3.8, 4) is 0 Å². The zero-order valence-electron chi connectivity index (χ0n) is 19.6.